The second-order valence-corrected chi connectivity index (χ2v) is 7.75. The summed E-state index contributed by atoms with van der Waals surface area (Å²) in [5.74, 6) is -0.0562. The number of rotatable bonds is 5. The smallest absolute Gasteiger partial charge is 0.253 e. The number of carbonyl (C=O) groups excluding carboxylic acids is 2. The lowest BCUT2D eigenvalue weighted by Gasteiger charge is -2.35. The average Bonchev–Trinajstić information content (AvgIpc) is 2.68. The molecular weight excluding hydrogens is 350 g/mol. The molecule has 0 aliphatic carbocycles. The first-order valence-corrected chi connectivity index (χ1v) is 9.96. The molecule has 2 aromatic rings. The van der Waals surface area contributed by atoms with Crippen LogP contribution in [0.5, 0.6) is 0 Å². The van der Waals surface area contributed by atoms with Crippen LogP contribution in [0.3, 0.4) is 0 Å². The van der Waals surface area contributed by atoms with Crippen molar-refractivity contribution in [3.8, 4) is 0 Å². The van der Waals surface area contributed by atoms with Crippen LogP contribution >= 0.6 is 0 Å². The van der Waals surface area contributed by atoms with Crippen molar-refractivity contribution < 1.29 is 9.59 Å². The molecule has 28 heavy (non-hydrogen) atoms. The minimum Gasteiger partial charge on any atom is -0.371 e. The number of para-hydroxylation sites is 1. The molecule has 0 spiro atoms. The van der Waals surface area contributed by atoms with Crippen molar-refractivity contribution >= 4 is 17.5 Å². The van der Waals surface area contributed by atoms with Gasteiger partial charge in [0.15, 0.2) is 0 Å². The average molecular weight is 380 g/mol. The van der Waals surface area contributed by atoms with Crippen molar-refractivity contribution in [2.75, 3.05) is 18.0 Å². The zero-order chi connectivity index (χ0) is 20.1. The molecule has 5 heteroatoms. The highest BCUT2D eigenvalue weighted by atomic mass is 16.2. The molecule has 0 bridgehead atoms. The first-order valence-electron chi connectivity index (χ1n) is 9.96. The number of hydrogen-bond donors (Lipinski definition) is 2. The number of piperidine rings is 1. The van der Waals surface area contributed by atoms with Crippen molar-refractivity contribution in [1.29, 1.82) is 0 Å². The first-order chi connectivity index (χ1) is 13.4. The summed E-state index contributed by atoms with van der Waals surface area (Å²) in [7, 11) is 0. The summed E-state index contributed by atoms with van der Waals surface area (Å²) in [6, 6.07) is 15.6. The summed E-state index contributed by atoms with van der Waals surface area (Å²) in [5, 5.41) is 6.13. The number of benzene rings is 2. The molecule has 0 saturated carbocycles. The van der Waals surface area contributed by atoms with E-state index in [4.69, 9.17) is 0 Å². The number of aryl methyl sites for hydroxylation is 1. The summed E-state index contributed by atoms with van der Waals surface area (Å²) < 4.78 is 0. The molecule has 0 radical (unpaired) electrons. The first kappa shape index (κ1) is 19.9. The van der Waals surface area contributed by atoms with E-state index >= 15 is 0 Å². The number of hydrogen-bond acceptors (Lipinski definition) is 3. The van der Waals surface area contributed by atoms with Gasteiger partial charge in [-0.25, -0.2) is 0 Å². The van der Waals surface area contributed by atoms with E-state index in [1.807, 2.05) is 69.3 Å². The fourth-order valence-electron chi connectivity index (χ4n) is 3.60. The van der Waals surface area contributed by atoms with Crippen molar-refractivity contribution in [1.82, 2.24) is 10.6 Å². The molecule has 1 aliphatic heterocycles. The van der Waals surface area contributed by atoms with Crippen LogP contribution in [0.25, 0.3) is 0 Å². The normalized spacial score (nSPS) is 14.8. The lowest BCUT2D eigenvalue weighted by atomic mass is 10.0. The zero-order valence-corrected chi connectivity index (χ0v) is 16.9. The van der Waals surface area contributed by atoms with Gasteiger partial charge in [-0.15, -0.1) is 0 Å². The maximum Gasteiger partial charge on any atom is 0.253 e. The Morgan fingerprint density at radius 1 is 1.00 bits per heavy atom. The Hall–Kier alpha value is -2.82. The molecule has 1 heterocycles. The summed E-state index contributed by atoms with van der Waals surface area (Å²) >= 11 is 0. The van der Waals surface area contributed by atoms with Crippen molar-refractivity contribution in [2.24, 2.45) is 0 Å². The second-order valence-electron chi connectivity index (χ2n) is 7.75. The summed E-state index contributed by atoms with van der Waals surface area (Å²) in [6.07, 6.45) is 1.72. The van der Waals surface area contributed by atoms with Gasteiger partial charge in [-0.2, -0.15) is 0 Å². The van der Waals surface area contributed by atoms with Gasteiger partial charge in [-0.1, -0.05) is 29.8 Å². The molecule has 148 valence electrons. The molecule has 1 saturated heterocycles. The third kappa shape index (κ3) is 4.91. The Kier molecular flexibility index (Phi) is 6.34. The van der Waals surface area contributed by atoms with Gasteiger partial charge in [0.25, 0.3) is 11.8 Å². The van der Waals surface area contributed by atoms with E-state index in [1.54, 1.807) is 0 Å². The van der Waals surface area contributed by atoms with Gasteiger partial charge < -0.3 is 15.5 Å². The molecule has 0 unspecified atom stereocenters. The van der Waals surface area contributed by atoms with E-state index in [1.165, 1.54) is 0 Å². The number of nitrogens with zero attached hydrogens (tertiary/aromatic N) is 1. The fourth-order valence-corrected chi connectivity index (χ4v) is 3.60. The number of carbonyl (C=O) groups is 2. The van der Waals surface area contributed by atoms with E-state index in [0.717, 1.165) is 37.2 Å². The third-order valence-corrected chi connectivity index (χ3v) is 5.02. The van der Waals surface area contributed by atoms with Crippen LogP contribution in [0.15, 0.2) is 48.5 Å². The quantitative estimate of drug-likeness (QED) is 0.835. The minimum atomic E-state index is -0.0412. The third-order valence-electron chi connectivity index (χ3n) is 5.02. The van der Waals surface area contributed by atoms with Gasteiger partial charge in [0, 0.05) is 36.4 Å². The van der Waals surface area contributed by atoms with Crippen LogP contribution in [0.4, 0.5) is 5.69 Å². The minimum absolute atomic E-state index is 0.0149. The topological polar surface area (TPSA) is 61.4 Å². The van der Waals surface area contributed by atoms with Crippen LogP contribution < -0.4 is 15.5 Å². The second kappa shape index (κ2) is 8.91. The fraction of sp³-hybridized carbons (Fsp3) is 0.391. The van der Waals surface area contributed by atoms with Gasteiger partial charge in [0.05, 0.1) is 5.56 Å². The maximum absolute atomic E-state index is 12.5. The molecule has 2 N–H and O–H groups in total. The Morgan fingerprint density at radius 3 is 2.39 bits per heavy atom. The highest BCUT2D eigenvalue weighted by Gasteiger charge is 2.24. The van der Waals surface area contributed by atoms with E-state index in [2.05, 4.69) is 15.5 Å². The SMILES string of the molecule is Cc1cccc(C(=O)NC2CCN(c3ccccc3C(=O)NC(C)C)CC2)c1. The largest absolute Gasteiger partial charge is 0.371 e. The lowest BCUT2D eigenvalue weighted by Crippen LogP contribution is -2.45. The summed E-state index contributed by atoms with van der Waals surface area (Å²) in [6.45, 7) is 7.53. The van der Waals surface area contributed by atoms with E-state index in [9.17, 15) is 9.59 Å². The molecule has 2 aromatic carbocycles. The Bertz CT molecular complexity index is 839. The molecular formula is C23H29N3O2. The standard InChI is InChI=1S/C23H29N3O2/c1-16(2)24-23(28)20-9-4-5-10-21(20)26-13-11-19(12-14-26)25-22(27)18-8-6-7-17(3)15-18/h4-10,15-16,19H,11-14H2,1-3H3,(H,24,28)(H,25,27). The predicted molar refractivity (Wildman–Crippen MR) is 113 cm³/mol. The molecule has 0 atom stereocenters. The van der Waals surface area contributed by atoms with Crippen molar-refractivity contribution in [2.45, 2.75) is 45.7 Å². The Balaban J connectivity index is 1.61. The number of anilines is 1. The molecule has 3 rings (SSSR count). The van der Waals surface area contributed by atoms with Gasteiger partial charge in [-0.05, 0) is 57.9 Å². The molecule has 1 aliphatic rings. The van der Waals surface area contributed by atoms with Crippen molar-refractivity contribution in [3.05, 3.63) is 65.2 Å². The maximum atomic E-state index is 12.5. The molecule has 2 amide bonds. The van der Waals surface area contributed by atoms with E-state index in [0.29, 0.717) is 11.1 Å². The Labute approximate surface area is 167 Å². The van der Waals surface area contributed by atoms with Crippen LogP contribution in [-0.4, -0.2) is 37.0 Å². The van der Waals surface area contributed by atoms with Crippen molar-refractivity contribution in [3.63, 3.8) is 0 Å². The van der Waals surface area contributed by atoms with Gasteiger partial charge >= 0.3 is 0 Å². The zero-order valence-electron chi connectivity index (χ0n) is 16.9. The van der Waals surface area contributed by atoms with E-state index < -0.39 is 0 Å². The molecule has 1 fully saturated rings. The van der Waals surface area contributed by atoms with E-state index in [-0.39, 0.29) is 23.9 Å². The predicted octanol–water partition coefficient (Wildman–Crippen LogP) is 3.53. The molecule has 0 aromatic heterocycles. The van der Waals surface area contributed by atoms with Crippen LogP contribution in [0, 0.1) is 6.92 Å². The number of nitrogens with one attached hydrogen (secondary N) is 2. The van der Waals surface area contributed by atoms with Gasteiger partial charge in [0.1, 0.15) is 0 Å². The van der Waals surface area contributed by atoms with Crippen LogP contribution in [0.1, 0.15) is 53.0 Å². The van der Waals surface area contributed by atoms with Crippen LogP contribution in [-0.2, 0) is 0 Å². The number of amides is 2. The van der Waals surface area contributed by atoms with Gasteiger partial charge in [-0.3, -0.25) is 9.59 Å². The highest BCUT2D eigenvalue weighted by Crippen LogP contribution is 2.24. The summed E-state index contributed by atoms with van der Waals surface area (Å²) in [5.41, 5.74) is 3.46. The Morgan fingerprint density at radius 2 is 1.71 bits per heavy atom. The highest BCUT2D eigenvalue weighted by molar-refractivity contribution is 6.00. The van der Waals surface area contributed by atoms with Crippen LogP contribution in [0.2, 0.25) is 0 Å². The summed E-state index contributed by atoms with van der Waals surface area (Å²) in [4.78, 5) is 27.2. The monoisotopic (exact) mass is 379 g/mol. The lowest BCUT2D eigenvalue weighted by molar-refractivity contribution is 0.0928. The molecule has 5 nitrogen and oxygen atoms in total. The van der Waals surface area contributed by atoms with Gasteiger partial charge in [0.2, 0.25) is 0 Å².